The van der Waals surface area contributed by atoms with Crippen molar-refractivity contribution < 1.29 is 31.1 Å². The topological polar surface area (TPSA) is 47.0 Å². The van der Waals surface area contributed by atoms with E-state index in [0.29, 0.717) is 24.5 Å². The summed E-state index contributed by atoms with van der Waals surface area (Å²) in [6.45, 7) is 1.88. The molecular weight excluding hydrogens is 408 g/mol. The van der Waals surface area contributed by atoms with Gasteiger partial charge in [-0.05, 0) is 36.9 Å². The Bertz CT molecular complexity index is 748. The standard InChI is InChI=1S/C17H17F6N3OS/c1-10(26-15-24-8-14(9-25-15)27-3-4-28-2)11-5-12(16(18,19)20)7-13(6-11)17(21,22)23/h5-10H,3-4H2,1-2H3,(H,24,25,26)/t10-/m0/s1. The predicted octanol–water partition coefficient (Wildman–Crippen LogP) is 5.43. The van der Waals surface area contributed by atoms with Crippen molar-refractivity contribution in [3.05, 3.63) is 47.3 Å². The van der Waals surface area contributed by atoms with Crippen molar-refractivity contribution >= 4 is 17.7 Å². The van der Waals surface area contributed by atoms with Crippen LogP contribution in [-0.4, -0.2) is 28.6 Å². The summed E-state index contributed by atoms with van der Waals surface area (Å²) in [4.78, 5) is 7.93. The Kier molecular flexibility index (Phi) is 7.02. The molecule has 2 rings (SSSR count). The van der Waals surface area contributed by atoms with Crippen molar-refractivity contribution in [3.63, 3.8) is 0 Å². The van der Waals surface area contributed by atoms with Gasteiger partial charge in [-0.2, -0.15) is 38.1 Å². The summed E-state index contributed by atoms with van der Waals surface area (Å²) < 4.78 is 83.2. The summed E-state index contributed by atoms with van der Waals surface area (Å²) in [7, 11) is 0. The van der Waals surface area contributed by atoms with Crippen molar-refractivity contribution in [2.75, 3.05) is 23.9 Å². The molecule has 0 radical (unpaired) electrons. The first-order valence-electron chi connectivity index (χ1n) is 8.00. The Hall–Kier alpha value is -2.17. The van der Waals surface area contributed by atoms with E-state index < -0.39 is 29.5 Å². The van der Waals surface area contributed by atoms with Crippen LogP contribution >= 0.6 is 11.8 Å². The number of halogens is 6. The first kappa shape index (κ1) is 22.1. The zero-order chi connectivity index (χ0) is 20.9. The quantitative estimate of drug-likeness (QED) is 0.474. The molecule has 28 heavy (non-hydrogen) atoms. The second-order valence-electron chi connectivity index (χ2n) is 5.79. The van der Waals surface area contributed by atoms with Crippen LogP contribution in [0, 0.1) is 0 Å². The van der Waals surface area contributed by atoms with Crippen molar-refractivity contribution in [3.8, 4) is 5.75 Å². The zero-order valence-electron chi connectivity index (χ0n) is 14.9. The maximum atomic E-state index is 13.0. The van der Waals surface area contributed by atoms with E-state index in [1.165, 1.54) is 19.3 Å². The molecule has 1 aromatic heterocycles. The van der Waals surface area contributed by atoms with E-state index in [0.717, 1.165) is 5.75 Å². The van der Waals surface area contributed by atoms with Gasteiger partial charge in [-0.3, -0.25) is 0 Å². The van der Waals surface area contributed by atoms with Gasteiger partial charge >= 0.3 is 12.4 Å². The highest BCUT2D eigenvalue weighted by Gasteiger charge is 2.37. The highest BCUT2D eigenvalue weighted by atomic mass is 32.2. The Morgan fingerprint density at radius 2 is 1.54 bits per heavy atom. The lowest BCUT2D eigenvalue weighted by molar-refractivity contribution is -0.143. The van der Waals surface area contributed by atoms with Crippen LogP contribution in [0.3, 0.4) is 0 Å². The summed E-state index contributed by atoms with van der Waals surface area (Å²) in [6, 6.07) is 0.541. The number of ether oxygens (including phenoxy) is 1. The van der Waals surface area contributed by atoms with Gasteiger partial charge in [0.2, 0.25) is 5.95 Å². The third-order valence-electron chi connectivity index (χ3n) is 3.64. The molecule has 0 saturated heterocycles. The minimum atomic E-state index is -4.90. The monoisotopic (exact) mass is 425 g/mol. The number of anilines is 1. The van der Waals surface area contributed by atoms with Crippen LogP contribution in [0.4, 0.5) is 32.3 Å². The van der Waals surface area contributed by atoms with E-state index in [-0.39, 0.29) is 17.6 Å². The van der Waals surface area contributed by atoms with Crippen molar-refractivity contribution in [1.82, 2.24) is 9.97 Å². The lowest BCUT2D eigenvalue weighted by Gasteiger charge is -2.19. The van der Waals surface area contributed by atoms with E-state index in [4.69, 9.17) is 4.74 Å². The fraction of sp³-hybridized carbons (Fsp3) is 0.412. The van der Waals surface area contributed by atoms with Crippen LogP contribution in [0.2, 0.25) is 0 Å². The number of nitrogens with zero attached hydrogens (tertiary/aromatic N) is 2. The van der Waals surface area contributed by atoms with E-state index in [1.54, 1.807) is 11.8 Å². The van der Waals surface area contributed by atoms with Crippen LogP contribution in [0.25, 0.3) is 0 Å². The van der Waals surface area contributed by atoms with Gasteiger partial charge in [0.15, 0.2) is 5.75 Å². The Labute approximate surface area is 161 Å². The van der Waals surface area contributed by atoms with Crippen molar-refractivity contribution in [2.45, 2.75) is 25.3 Å². The SMILES string of the molecule is CSCCOc1cnc(N[C@@H](C)c2cc(C(F)(F)F)cc(C(F)(F)F)c2)nc1. The smallest absolute Gasteiger partial charge is 0.416 e. The lowest BCUT2D eigenvalue weighted by atomic mass is 10.0. The Balaban J connectivity index is 2.20. The molecule has 0 fully saturated rings. The normalized spacial score (nSPS) is 13.3. The van der Waals surface area contributed by atoms with E-state index in [1.807, 2.05) is 6.26 Å². The first-order chi connectivity index (χ1) is 13.0. The molecule has 0 spiro atoms. The number of hydrogen-bond donors (Lipinski definition) is 1. The highest BCUT2D eigenvalue weighted by Crippen LogP contribution is 2.37. The fourth-order valence-electron chi connectivity index (χ4n) is 2.21. The molecule has 0 aliphatic carbocycles. The molecule has 1 N–H and O–H groups in total. The first-order valence-corrected chi connectivity index (χ1v) is 9.40. The van der Waals surface area contributed by atoms with Gasteiger partial charge in [0, 0.05) is 5.75 Å². The maximum Gasteiger partial charge on any atom is 0.416 e. The van der Waals surface area contributed by atoms with Crippen LogP contribution in [0.1, 0.15) is 29.7 Å². The summed E-state index contributed by atoms with van der Waals surface area (Å²) in [5.74, 6) is 1.23. The number of rotatable bonds is 7. The van der Waals surface area contributed by atoms with Crippen LogP contribution in [-0.2, 0) is 12.4 Å². The van der Waals surface area contributed by atoms with Crippen LogP contribution in [0.5, 0.6) is 5.75 Å². The molecule has 4 nitrogen and oxygen atoms in total. The molecule has 1 atom stereocenters. The molecule has 0 aliphatic heterocycles. The summed E-state index contributed by atoms with van der Waals surface area (Å²) in [6.07, 6.45) is -5.14. The second-order valence-corrected chi connectivity index (χ2v) is 6.77. The fourth-order valence-corrected chi connectivity index (χ4v) is 2.46. The van der Waals surface area contributed by atoms with Crippen LogP contribution in [0.15, 0.2) is 30.6 Å². The maximum absolute atomic E-state index is 13.0. The van der Waals surface area contributed by atoms with Crippen molar-refractivity contribution in [1.29, 1.82) is 0 Å². The molecule has 0 bridgehead atoms. The molecule has 1 heterocycles. The lowest BCUT2D eigenvalue weighted by Crippen LogP contribution is -2.15. The average molecular weight is 425 g/mol. The highest BCUT2D eigenvalue weighted by molar-refractivity contribution is 7.98. The third kappa shape index (κ3) is 6.18. The van der Waals surface area contributed by atoms with Crippen LogP contribution < -0.4 is 10.1 Å². The van der Waals surface area contributed by atoms with Gasteiger partial charge in [-0.25, -0.2) is 9.97 Å². The van der Waals surface area contributed by atoms with Gasteiger partial charge < -0.3 is 10.1 Å². The van der Waals surface area contributed by atoms with Gasteiger partial charge in [-0.15, -0.1) is 0 Å². The Morgan fingerprint density at radius 1 is 1.00 bits per heavy atom. The number of hydrogen-bond acceptors (Lipinski definition) is 5. The van der Waals surface area contributed by atoms with Crippen molar-refractivity contribution in [2.24, 2.45) is 0 Å². The molecular formula is C17H17F6N3OS. The molecule has 154 valence electrons. The summed E-state index contributed by atoms with van der Waals surface area (Å²) in [5, 5.41) is 2.69. The zero-order valence-corrected chi connectivity index (χ0v) is 15.7. The van der Waals surface area contributed by atoms with E-state index in [9.17, 15) is 26.3 Å². The molecule has 1 aromatic carbocycles. The number of aromatic nitrogens is 2. The van der Waals surface area contributed by atoms with E-state index >= 15 is 0 Å². The van der Waals surface area contributed by atoms with Gasteiger partial charge in [0.1, 0.15) is 0 Å². The molecule has 11 heteroatoms. The molecule has 2 aromatic rings. The number of benzene rings is 1. The minimum absolute atomic E-state index is 0.0516. The molecule has 0 unspecified atom stereocenters. The minimum Gasteiger partial charge on any atom is -0.489 e. The average Bonchev–Trinajstić information content (AvgIpc) is 2.61. The van der Waals surface area contributed by atoms with E-state index in [2.05, 4.69) is 15.3 Å². The number of thioether (sulfide) groups is 1. The third-order valence-corrected chi connectivity index (χ3v) is 4.21. The number of nitrogens with one attached hydrogen (secondary N) is 1. The van der Waals surface area contributed by atoms with Gasteiger partial charge in [0.25, 0.3) is 0 Å². The Morgan fingerprint density at radius 3 is 2.00 bits per heavy atom. The summed E-state index contributed by atoms with van der Waals surface area (Å²) >= 11 is 1.60. The largest absolute Gasteiger partial charge is 0.489 e. The van der Waals surface area contributed by atoms with Gasteiger partial charge in [0.05, 0.1) is 36.2 Å². The van der Waals surface area contributed by atoms with Gasteiger partial charge in [-0.1, -0.05) is 0 Å². The molecule has 0 aliphatic rings. The molecule has 0 amide bonds. The second kappa shape index (κ2) is 8.89. The number of alkyl halides is 6. The molecule has 0 saturated carbocycles. The predicted molar refractivity (Wildman–Crippen MR) is 94.4 cm³/mol. The summed E-state index contributed by atoms with van der Waals surface area (Å²) in [5.41, 5.74) is -2.93.